The molecule has 3 nitrogen and oxygen atoms in total. The lowest BCUT2D eigenvalue weighted by Gasteiger charge is -2.58. The summed E-state index contributed by atoms with van der Waals surface area (Å²) >= 11 is 0. The normalized spacial score (nSPS) is 54.7. The molecule has 0 radical (unpaired) electrons. The predicted octanol–water partition coefficient (Wildman–Crippen LogP) is 3.77. The van der Waals surface area contributed by atoms with Gasteiger partial charge in [0.05, 0.1) is 18.1 Å². The molecule has 0 aromatic rings. The van der Waals surface area contributed by atoms with Crippen molar-refractivity contribution in [3.63, 3.8) is 0 Å². The number of nitrogens with zero attached hydrogens (tertiary/aromatic N) is 1. The third kappa shape index (κ3) is 1.55. The van der Waals surface area contributed by atoms with Gasteiger partial charge in [-0.2, -0.15) is 5.26 Å². The Hall–Kier alpha value is -1.14. The molecule has 0 aromatic carbocycles. The third-order valence-electron chi connectivity index (χ3n) is 9.10. The highest BCUT2D eigenvalue weighted by molar-refractivity contribution is 5.91. The van der Waals surface area contributed by atoms with E-state index in [0.29, 0.717) is 35.9 Å². The van der Waals surface area contributed by atoms with E-state index in [-0.39, 0.29) is 10.8 Å². The molecule has 0 aromatic heterocycles. The zero-order valence-corrected chi connectivity index (χ0v) is 14.6. The molecule has 5 aliphatic rings. The molecule has 3 heteroatoms. The Morgan fingerprint density at radius 2 is 2.12 bits per heavy atom. The summed E-state index contributed by atoms with van der Waals surface area (Å²) in [4.78, 5) is 11.8. The summed E-state index contributed by atoms with van der Waals surface area (Å²) in [6, 6.07) is 2.27. The minimum atomic E-state index is -0.770. The van der Waals surface area contributed by atoms with E-state index < -0.39 is 5.60 Å². The number of carbonyl (C=O) groups is 1. The number of nitriles is 1. The average Bonchev–Trinajstić information content (AvgIpc) is 3.20. The highest BCUT2D eigenvalue weighted by Gasteiger charge is 2.80. The van der Waals surface area contributed by atoms with E-state index in [4.69, 9.17) is 0 Å². The van der Waals surface area contributed by atoms with Gasteiger partial charge in [-0.3, -0.25) is 4.79 Å². The van der Waals surface area contributed by atoms with Crippen molar-refractivity contribution in [2.45, 2.75) is 70.3 Å². The Morgan fingerprint density at radius 3 is 2.92 bits per heavy atom. The minimum Gasteiger partial charge on any atom is -0.388 e. The van der Waals surface area contributed by atoms with Gasteiger partial charge in [-0.1, -0.05) is 12.5 Å². The predicted molar refractivity (Wildman–Crippen MR) is 89.7 cm³/mol. The van der Waals surface area contributed by atoms with E-state index in [9.17, 15) is 15.2 Å². The molecule has 1 N–H and O–H groups in total. The molecular formula is C21H27NO2. The van der Waals surface area contributed by atoms with E-state index in [1.807, 2.05) is 6.08 Å². The van der Waals surface area contributed by atoms with Crippen molar-refractivity contribution in [2.75, 3.05) is 0 Å². The molecule has 5 rings (SSSR count). The Labute approximate surface area is 144 Å². The molecule has 4 fully saturated rings. The van der Waals surface area contributed by atoms with Crippen LogP contribution in [-0.4, -0.2) is 16.5 Å². The monoisotopic (exact) mass is 325 g/mol. The van der Waals surface area contributed by atoms with Crippen LogP contribution in [0.3, 0.4) is 0 Å². The zero-order chi connectivity index (χ0) is 16.7. The van der Waals surface area contributed by atoms with Gasteiger partial charge in [0.2, 0.25) is 0 Å². The molecule has 0 bridgehead atoms. The first-order valence-electron chi connectivity index (χ1n) is 9.78. The van der Waals surface area contributed by atoms with Crippen LogP contribution < -0.4 is 0 Å². The summed E-state index contributed by atoms with van der Waals surface area (Å²) in [6.45, 7) is 2.29. The average molecular weight is 325 g/mol. The van der Waals surface area contributed by atoms with Crippen LogP contribution in [0.1, 0.15) is 64.7 Å². The summed E-state index contributed by atoms with van der Waals surface area (Å²) in [7, 11) is 0. The van der Waals surface area contributed by atoms with Gasteiger partial charge < -0.3 is 5.11 Å². The van der Waals surface area contributed by atoms with E-state index in [2.05, 4.69) is 13.0 Å². The van der Waals surface area contributed by atoms with Gasteiger partial charge in [0, 0.05) is 11.8 Å². The van der Waals surface area contributed by atoms with Crippen LogP contribution in [0.15, 0.2) is 11.6 Å². The molecule has 4 saturated carbocycles. The van der Waals surface area contributed by atoms with Gasteiger partial charge >= 0.3 is 0 Å². The van der Waals surface area contributed by atoms with Crippen LogP contribution >= 0.6 is 0 Å². The number of hydrogen-bond donors (Lipinski definition) is 1. The van der Waals surface area contributed by atoms with Crippen molar-refractivity contribution in [3.05, 3.63) is 11.6 Å². The van der Waals surface area contributed by atoms with Gasteiger partial charge in [0.1, 0.15) is 0 Å². The summed E-state index contributed by atoms with van der Waals surface area (Å²) in [5.41, 5.74) is 0.866. The van der Waals surface area contributed by atoms with Gasteiger partial charge in [0.15, 0.2) is 5.78 Å². The van der Waals surface area contributed by atoms with Crippen LogP contribution in [0.4, 0.5) is 0 Å². The van der Waals surface area contributed by atoms with E-state index in [1.165, 1.54) is 24.8 Å². The standard InChI is InChI=1S/C21H27NO2/c1-19-7-6-17-16-4-3-15(23)10-13(16)2-5-18(17)21(19)12-14(21)11-20(19,24)8-9-22/h10,14,16-18,24H,2-8,11-12H2,1H3/t14-,16-,17+,18+,19+,20-,21+/m0/s1. The molecule has 7 atom stereocenters. The topological polar surface area (TPSA) is 61.1 Å². The van der Waals surface area contributed by atoms with E-state index >= 15 is 0 Å². The first-order chi connectivity index (χ1) is 11.5. The number of rotatable bonds is 1. The summed E-state index contributed by atoms with van der Waals surface area (Å²) in [5.74, 6) is 2.98. The highest BCUT2D eigenvalue weighted by Crippen LogP contribution is 2.84. The van der Waals surface area contributed by atoms with Crippen LogP contribution in [0.2, 0.25) is 0 Å². The largest absolute Gasteiger partial charge is 0.388 e. The lowest BCUT2D eigenvalue weighted by atomic mass is 9.47. The lowest BCUT2D eigenvalue weighted by molar-refractivity contribution is -0.142. The molecular weight excluding hydrogens is 298 g/mol. The first kappa shape index (κ1) is 15.1. The van der Waals surface area contributed by atoms with Crippen LogP contribution in [-0.2, 0) is 4.79 Å². The van der Waals surface area contributed by atoms with Crippen molar-refractivity contribution in [1.29, 1.82) is 5.26 Å². The maximum atomic E-state index is 11.8. The summed E-state index contributed by atoms with van der Waals surface area (Å²) in [6.07, 6.45) is 10.6. The summed E-state index contributed by atoms with van der Waals surface area (Å²) in [5, 5.41) is 20.6. The Morgan fingerprint density at radius 1 is 1.29 bits per heavy atom. The second-order valence-electron chi connectivity index (χ2n) is 9.52. The van der Waals surface area contributed by atoms with E-state index in [0.717, 1.165) is 32.1 Å². The number of ketones is 1. The first-order valence-corrected chi connectivity index (χ1v) is 9.78. The van der Waals surface area contributed by atoms with Gasteiger partial charge in [-0.25, -0.2) is 0 Å². The van der Waals surface area contributed by atoms with Crippen LogP contribution in [0.25, 0.3) is 0 Å². The third-order valence-corrected chi connectivity index (χ3v) is 9.10. The van der Waals surface area contributed by atoms with Crippen LogP contribution in [0, 0.1) is 45.8 Å². The highest BCUT2D eigenvalue weighted by atomic mass is 16.3. The van der Waals surface area contributed by atoms with Crippen molar-refractivity contribution >= 4 is 5.78 Å². The number of allylic oxidation sites excluding steroid dienone is 1. The molecule has 128 valence electrons. The maximum Gasteiger partial charge on any atom is 0.155 e. The fourth-order valence-electron chi connectivity index (χ4n) is 8.00. The molecule has 0 heterocycles. The molecule has 5 aliphatic carbocycles. The van der Waals surface area contributed by atoms with Crippen LogP contribution in [0.5, 0.6) is 0 Å². The Bertz CT molecular complexity index is 690. The van der Waals surface area contributed by atoms with Gasteiger partial charge in [-0.15, -0.1) is 0 Å². The fourth-order valence-corrected chi connectivity index (χ4v) is 8.00. The molecule has 24 heavy (non-hydrogen) atoms. The number of fused-ring (bicyclic) bond motifs is 3. The van der Waals surface area contributed by atoms with Crippen molar-refractivity contribution in [2.24, 2.45) is 34.5 Å². The van der Waals surface area contributed by atoms with Crippen molar-refractivity contribution in [3.8, 4) is 6.07 Å². The maximum absolute atomic E-state index is 11.8. The minimum absolute atomic E-state index is 0.0761. The molecule has 0 aliphatic heterocycles. The Balaban J connectivity index is 1.52. The second kappa shape index (κ2) is 4.52. The second-order valence-corrected chi connectivity index (χ2v) is 9.52. The molecule has 0 unspecified atom stereocenters. The van der Waals surface area contributed by atoms with Crippen molar-refractivity contribution in [1.82, 2.24) is 0 Å². The smallest absolute Gasteiger partial charge is 0.155 e. The fraction of sp³-hybridized carbons (Fsp3) is 0.810. The molecule has 1 spiro atoms. The number of carbonyl (C=O) groups excluding carboxylic acids is 1. The van der Waals surface area contributed by atoms with Gasteiger partial charge in [-0.05, 0) is 80.1 Å². The SMILES string of the molecule is C[C@]12CC[C@H]3[C@@H](CCC4=CC(=O)CC[C@@H]43)[C@]13C[C@@H]3C[C@@]2(O)CC#N. The Kier molecular flexibility index (Phi) is 2.85. The van der Waals surface area contributed by atoms with Gasteiger partial charge in [0.25, 0.3) is 0 Å². The number of hydrogen-bond acceptors (Lipinski definition) is 3. The lowest BCUT2D eigenvalue weighted by Crippen LogP contribution is -2.55. The summed E-state index contributed by atoms with van der Waals surface area (Å²) < 4.78 is 0. The van der Waals surface area contributed by atoms with E-state index in [1.54, 1.807) is 0 Å². The number of aliphatic hydroxyl groups is 1. The molecule has 0 amide bonds. The zero-order valence-electron chi connectivity index (χ0n) is 14.6. The quantitative estimate of drug-likeness (QED) is 0.798. The van der Waals surface area contributed by atoms with Crippen molar-refractivity contribution < 1.29 is 9.90 Å². The molecule has 0 saturated heterocycles.